The zero-order chi connectivity index (χ0) is 21.6. The number of likely N-dealkylation sites (N-methyl/N-ethyl adjacent to an activating group) is 1. The third-order valence-electron chi connectivity index (χ3n) is 4.73. The van der Waals surface area contributed by atoms with E-state index >= 15 is 0 Å². The quantitative estimate of drug-likeness (QED) is 0.555. The number of hydrogen-bond donors (Lipinski definition) is 0. The van der Waals surface area contributed by atoms with Crippen molar-refractivity contribution >= 4 is 21.6 Å². The Labute approximate surface area is 177 Å². The molecule has 156 valence electrons. The number of nitrogens with zero attached hydrogens (tertiary/aromatic N) is 2. The van der Waals surface area contributed by atoms with E-state index < -0.39 is 10.0 Å². The number of carbonyl (C=O) groups excluding carboxylic acids is 1. The first kappa shape index (κ1) is 21.5. The highest BCUT2D eigenvalue weighted by Crippen LogP contribution is 2.21. The zero-order valence-electron chi connectivity index (χ0n) is 16.9. The van der Waals surface area contributed by atoms with Gasteiger partial charge in [-0.15, -0.1) is 0 Å². The van der Waals surface area contributed by atoms with Gasteiger partial charge in [0.1, 0.15) is 5.75 Å². The summed E-state index contributed by atoms with van der Waals surface area (Å²) in [6, 6.07) is 24.4. The second-order valence-corrected chi connectivity index (χ2v) is 8.66. The van der Waals surface area contributed by atoms with Crippen LogP contribution < -0.4 is 9.64 Å². The molecule has 6 nitrogen and oxygen atoms in total. The second kappa shape index (κ2) is 9.56. The molecule has 0 aliphatic carbocycles. The van der Waals surface area contributed by atoms with Crippen molar-refractivity contribution in [3.63, 3.8) is 0 Å². The summed E-state index contributed by atoms with van der Waals surface area (Å²) >= 11 is 0. The van der Waals surface area contributed by atoms with Crippen LogP contribution in [0, 0.1) is 0 Å². The van der Waals surface area contributed by atoms with Crippen molar-refractivity contribution in [2.24, 2.45) is 0 Å². The van der Waals surface area contributed by atoms with Crippen LogP contribution in [0.2, 0.25) is 0 Å². The fourth-order valence-electron chi connectivity index (χ4n) is 2.96. The molecular weight excluding hydrogens is 400 g/mol. The van der Waals surface area contributed by atoms with Gasteiger partial charge in [0.15, 0.2) is 0 Å². The van der Waals surface area contributed by atoms with Gasteiger partial charge in [0.2, 0.25) is 15.9 Å². The first-order valence-corrected chi connectivity index (χ1v) is 10.9. The van der Waals surface area contributed by atoms with Gasteiger partial charge in [0.05, 0.1) is 18.6 Å². The maximum Gasteiger partial charge on any atom is 0.243 e. The van der Waals surface area contributed by atoms with Crippen molar-refractivity contribution in [2.45, 2.75) is 11.4 Å². The summed E-state index contributed by atoms with van der Waals surface area (Å²) in [5, 5.41) is 0. The van der Waals surface area contributed by atoms with Crippen LogP contribution in [0.4, 0.5) is 5.69 Å². The van der Waals surface area contributed by atoms with Crippen LogP contribution in [0.25, 0.3) is 0 Å². The molecule has 0 saturated heterocycles. The summed E-state index contributed by atoms with van der Waals surface area (Å²) in [4.78, 5) is 14.6. The Morgan fingerprint density at radius 3 is 2.00 bits per heavy atom. The number of sulfonamides is 1. The highest BCUT2D eigenvalue weighted by atomic mass is 32.2. The van der Waals surface area contributed by atoms with Gasteiger partial charge in [-0.1, -0.05) is 48.5 Å². The van der Waals surface area contributed by atoms with E-state index in [0.29, 0.717) is 11.4 Å². The molecule has 0 N–H and O–H groups in total. The number of amides is 1. The van der Waals surface area contributed by atoms with E-state index in [1.165, 1.54) is 21.3 Å². The van der Waals surface area contributed by atoms with E-state index in [0.717, 1.165) is 5.56 Å². The molecule has 0 radical (unpaired) electrons. The molecule has 0 unspecified atom stereocenters. The summed E-state index contributed by atoms with van der Waals surface area (Å²) < 4.78 is 32.9. The van der Waals surface area contributed by atoms with Gasteiger partial charge < -0.3 is 9.64 Å². The van der Waals surface area contributed by atoms with E-state index in [1.54, 1.807) is 56.6 Å². The summed E-state index contributed by atoms with van der Waals surface area (Å²) in [5.41, 5.74) is 1.45. The maximum atomic E-state index is 13.3. The molecule has 3 aromatic carbocycles. The highest BCUT2D eigenvalue weighted by Gasteiger charge is 2.28. The first-order valence-electron chi connectivity index (χ1n) is 9.41. The molecule has 0 spiro atoms. The van der Waals surface area contributed by atoms with Gasteiger partial charge in [-0.05, 0) is 42.0 Å². The van der Waals surface area contributed by atoms with Gasteiger partial charge in [0.25, 0.3) is 0 Å². The fourth-order valence-corrected chi connectivity index (χ4v) is 4.36. The summed E-state index contributed by atoms with van der Waals surface area (Å²) in [6.07, 6.45) is 0. The summed E-state index contributed by atoms with van der Waals surface area (Å²) in [6.45, 7) is -0.186. The molecule has 1 amide bonds. The zero-order valence-corrected chi connectivity index (χ0v) is 17.7. The van der Waals surface area contributed by atoms with E-state index in [-0.39, 0.29) is 23.9 Å². The van der Waals surface area contributed by atoms with Gasteiger partial charge in [0, 0.05) is 19.3 Å². The molecule has 3 rings (SSSR count). The van der Waals surface area contributed by atoms with Gasteiger partial charge in [-0.25, -0.2) is 8.42 Å². The largest absolute Gasteiger partial charge is 0.497 e. The molecule has 30 heavy (non-hydrogen) atoms. The predicted molar refractivity (Wildman–Crippen MR) is 117 cm³/mol. The molecule has 0 fully saturated rings. The van der Waals surface area contributed by atoms with Crippen LogP contribution in [0.5, 0.6) is 5.75 Å². The average molecular weight is 425 g/mol. The van der Waals surface area contributed by atoms with Crippen molar-refractivity contribution in [3.8, 4) is 5.75 Å². The van der Waals surface area contributed by atoms with Crippen molar-refractivity contribution in [1.82, 2.24) is 4.31 Å². The lowest BCUT2D eigenvalue weighted by atomic mass is 10.2. The number of carbonyl (C=O) groups is 1. The number of benzene rings is 3. The number of methoxy groups -OCH3 is 1. The minimum atomic E-state index is -3.85. The Hall–Kier alpha value is -3.16. The molecule has 7 heteroatoms. The number of ether oxygens (including phenoxy) is 1. The Kier molecular flexibility index (Phi) is 6.87. The molecule has 0 heterocycles. The lowest BCUT2D eigenvalue weighted by molar-refractivity contribution is -0.118. The molecule has 0 bridgehead atoms. The number of hydrogen-bond acceptors (Lipinski definition) is 4. The van der Waals surface area contributed by atoms with E-state index in [1.807, 2.05) is 30.3 Å². The van der Waals surface area contributed by atoms with E-state index in [4.69, 9.17) is 4.74 Å². The first-order chi connectivity index (χ1) is 14.4. The third kappa shape index (κ3) is 5.06. The SMILES string of the molecule is COc1ccc(N(C)C(=O)CN(Cc2ccccc2)S(=O)(=O)c2ccccc2)cc1. The lowest BCUT2D eigenvalue weighted by Crippen LogP contribution is -2.41. The van der Waals surface area contributed by atoms with Crippen LogP contribution in [0.3, 0.4) is 0 Å². The Morgan fingerprint density at radius 1 is 0.867 bits per heavy atom. The smallest absolute Gasteiger partial charge is 0.243 e. The standard InChI is InChI=1S/C23H24N2O4S/c1-24(20-13-15-21(29-2)16-14-20)23(26)18-25(17-19-9-5-3-6-10-19)30(27,28)22-11-7-4-8-12-22/h3-16H,17-18H2,1-2H3. The van der Waals surface area contributed by atoms with Crippen LogP contribution in [0.15, 0.2) is 89.8 Å². The minimum Gasteiger partial charge on any atom is -0.497 e. The van der Waals surface area contributed by atoms with Gasteiger partial charge >= 0.3 is 0 Å². The number of rotatable bonds is 8. The van der Waals surface area contributed by atoms with Crippen LogP contribution in [-0.2, 0) is 21.4 Å². The third-order valence-corrected chi connectivity index (χ3v) is 6.53. The average Bonchev–Trinajstić information content (AvgIpc) is 2.79. The van der Waals surface area contributed by atoms with Crippen molar-refractivity contribution in [3.05, 3.63) is 90.5 Å². The van der Waals surface area contributed by atoms with E-state index in [9.17, 15) is 13.2 Å². The molecule has 0 saturated carbocycles. The van der Waals surface area contributed by atoms with Crippen LogP contribution in [-0.4, -0.2) is 39.3 Å². The Balaban J connectivity index is 1.86. The normalized spacial score (nSPS) is 11.3. The lowest BCUT2D eigenvalue weighted by Gasteiger charge is -2.25. The van der Waals surface area contributed by atoms with Crippen LogP contribution >= 0.6 is 0 Å². The van der Waals surface area contributed by atoms with Gasteiger partial charge in [-0.2, -0.15) is 4.31 Å². The molecule has 0 aliphatic heterocycles. The van der Waals surface area contributed by atoms with Crippen molar-refractivity contribution in [2.75, 3.05) is 25.6 Å². The molecule has 0 aromatic heterocycles. The van der Waals surface area contributed by atoms with Gasteiger partial charge in [-0.3, -0.25) is 4.79 Å². The number of anilines is 1. The van der Waals surface area contributed by atoms with Crippen LogP contribution in [0.1, 0.15) is 5.56 Å². The summed E-state index contributed by atoms with van der Waals surface area (Å²) in [5.74, 6) is 0.340. The van der Waals surface area contributed by atoms with E-state index in [2.05, 4.69) is 0 Å². The second-order valence-electron chi connectivity index (χ2n) is 6.72. The fraction of sp³-hybridized carbons (Fsp3) is 0.174. The summed E-state index contributed by atoms with van der Waals surface area (Å²) in [7, 11) is -0.661. The predicted octanol–water partition coefficient (Wildman–Crippen LogP) is 3.55. The van der Waals surface area contributed by atoms with Crippen molar-refractivity contribution < 1.29 is 17.9 Å². The molecule has 0 atom stereocenters. The van der Waals surface area contributed by atoms with Crippen molar-refractivity contribution in [1.29, 1.82) is 0 Å². The minimum absolute atomic E-state index is 0.0975. The monoisotopic (exact) mass is 424 g/mol. The molecule has 3 aromatic rings. The Bertz CT molecular complexity index is 1070. The highest BCUT2D eigenvalue weighted by molar-refractivity contribution is 7.89. The Morgan fingerprint density at radius 2 is 1.43 bits per heavy atom. The molecule has 0 aliphatic rings. The maximum absolute atomic E-state index is 13.3. The molecular formula is C23H24N2O4S. The topological polar surface area (TPSA) is 66.9 Å².